The first kappa shape index (κ1) is 17.9. The molecule has 1 atom stereocenters. The first-order valence-electron chi connectivity index (χ1n) is 9.88. The summed E-state index contributed by atoms with van der Waals surface area (Å²) in [6, 6.07) is 8.22. The molecule has 2 aliphatic heterocycles. The fourth-order valence-electron chi connectivity index (χ4n) is 4.11. The number of hydrogen-bond acceptors (Lipinski definition) is 4. The van der Waals surface area contributed by atoms with E-state index >= 15 is 0 Å². The molecule has 4 nitrogen and oxygen atoms in total. The maximum absolute atomic E-state index is 13.0. The van der Waals surface area contributed by atoms with Gasteiger partial charge in [0.15, 0.2) is 0 Å². The first-order valence-corrected chi connectivity index (χ1v) is 10.8. The Hall–Kier alpha value is -1.46. The molecule has 2 aliphatic rings. The molecular weight excluding hydrogens is 344 g/mol. The summed E-state index contributed by atoms with van der Waals surface area (Å²) in [7, 11) is 0. The van der Waals surface area contributed by atoms with E-state index in [1.165, 1.54) is 19.4 Å². The van der Waals surface area contributed by atoms with E-state index in [0.717, 1.165) is 54.0 Å². The average Bonchev–Trinajstić information content (AvgIpc) is 3.16. The number of benzene rings is 1. The van der Waals surface area contributed by atoms with Gasteiger partial charge in [-0.25, -0.2) is 4.79 Å². The largest absolute Gasteiger partial charge is 0.459 e. The van der Waals surface area contributed by atoms with E-state index in [2.05, 4.69) is 35.4 Å². The van der Waals surface area contributed by atoms with Crippen LogP contribution < -0.4 is 0 Å². The van der Waals surface area contributed by atoms with Crippen molar-refractivity contribution in [2.45, 2.75) is 62.5 Å². The van der Waals surface area contributed by atoms with Gasteiger partial charge in [-0.15, -0.1) is 11.8 Å². The standard InChI is InChI=1S/C21H28N2O2S/c1-3-4-11-22-12-9-16(10-13-22)25-21(24)19-17-7-5-6-8-18(17)23-14-15(2)26-20(19)23/h5-8,15-16H,3-4,9-14H2,1-2H3. The SMILES string of the molecule is CCCCN1CCC(OC(=O)c2c3n(c4ccccc24)CC(C)S3)CC1. The van der Waals surface area contributed by atoms with Crippen LogP contribution in [0.2, 0.25) is 0 Å². The first-order chi connectivity index (χ1) is 12.7. The molecular formula is C21H28N2O2S. The van der Waals surface area contributed by atoms with Gasteiger partial charge in [0.1, 0.15) is 6.10 Å². The van der Waals surface area contributed by atoms with Crippen molar-refractivity contribution in [3.63, 3.8) is 0 Å². The number of carbonyl (C=O) groups excluding carboxylic acids is 1. The van der Waals surface area contributed by atoms with Crippen molar-refractivity contribution in [3.8, 4) is 0 Å². The minimum atomic E-state index is -0.136. The Morgan fingerprint density at radius 3 is 2.81 bits per heavy atom. The number of thioether (sulfide) groups is 1. The summed E-state index contributed by atoms with van der Waals surface area (Å²) in [4.78, 5) is 15.5. The highest BCUT2D eigenvalue weighted by molar-refractivity contribution is 8.00. The van der Waals surface area contributed by atoms with Crippen LogP contribution in [0.5, 0.6) is 0 Å². The van der Waals surface area contributed by atoms with Crippen molar-refractivity contribution >= 4 is 28.6 Å². The fraction of sp³-hybridized carbons (Fsp3) is 0.571. The Labute approximate surface area is 159 Å². The fourth-order valence-corrected chi connectivity index (χ4v) is 5.32. The molecule has 0 saturated carbocycles. The van der Waals surface area contributed by atoms with Gasteiger partial charge in [-0.2, -0.15) is 0 Å². The van der Waals surface area contributed by atoms with Gasteiger partial charge in [-0.1, -0.05) is 38.5 Å². The van der Waals surface area contributed by atoms with Gasteiger partial charge in [0, 0.05) is 35.8 Å². The molecule has 4 rings (SSSR count). The van der Waals surface area contributed by atoms with Crippen LogP contribution in [0, 0.1) is 0 Å². The van der Waals surface area contributed by atoms with Crippen LogP contribution in [0.15, 0.2) is 29.3 Å². The topological polar surface area (TPSA) is 34.5 Å². The number of likely N-dealkylation sites (tertiary alicyclic amines) is 1. The molecule has 0 spiro atoms. The Morgan fingerprint density at radius 2 is 2.04 bits per heavy atom. The molecule has 1 aromatic heterocycles. The van der Waals surface area contributed by atoms with Crippen LogP contribution in [0.25, 0.3) is 10.9 Å². The number of nitrogens with zero attached hydrogens (tertiary/aromatic N) is 2. The van der Waals surface area contributed by atoms with Crippen molar-refractivity contribution in [2.75, 3.05) is 19.6 Å². The summed E-state index contributed by atoms with van der Waals surface area (Å²) >= 11 is 1.80. The number of hydrogen-bond donors (Lipinski definition) is 0. The lowest BCUT2D eigenvalue weighted by atomic mass is 10.1. The number of piperidine rings is 1. The second kappa shape index (κ2) is 7.65. The van der Waals surface area contributed by atoms with Crippen LogP contribution in [-0.4, -0.2) is 46.4 Å². The minimum absolute atomic E-state index is 0.0542. The van der Waals surface area contributed by atoms with Crippen LogP contribution in [-0.2, 0) is 11.3 Å². The highest BCUT2D eigenvalue weighted by Gasteiger charge is 2.31. The quantitative estimate of drug-likeness (QED) is 0.721. The molecule has 0 N–H and O–H groups in total. The summed E-state index contributed by atoms with van der Waals surface area (Å²) in [6.45, 7) is 8.66. The molecule has 0 amide bonds. The third-order valence-corrected chi connectivity index (χ3v) is 6.72. The molecule has 140 valence electrons. The van der Waals surface area contributed by atoms with Gasteiger partial charge in [0.2, 0.25) is 0 Å². The molecule has 0 aliphatic carbocycles. The van der Waals surface area contributed by atoms with Crippen LogP contribution in [0.1, 0.15) is 49.9 Å². The van der Waals surface area contributed by atoms with Crippen LogP contribution in [0.3, 0.4) is 0 Å². The molecule has 1 aromatic carbocycles. The smallest absolute Gasteiger partial charge is 0.341 e. The normalized spacial score (nSPS) is 21.2. The molecule has 1 fully saturated rings. The lowest BCUT2D eigenvalue weighted by molar-refractivity contribution is 0.0110. The van der Waals surface area contributed by atoms with E-state index in [-0.39, 0.29) is 12.1 Å². The third-order valence-electron chi connectivity index (χ3n) is 5.52. The van der Waals surface area contributed by atoms with Crippen molar-refractivity contribution in [1.29, 1.82) is 0 Å². The van der Waals surface area contributed by atoms with Gasteiger partial charge in [-0.05, 0) is 31.9 Å². The highest BCUT2D eigenvalue weighted by Crippen LogP contribution is 2.41. The lowest BCUT2D eigenvalue weighted by Gasteiger charge is -2.31. The number of rotatable bonds is 5. The zero-order valence-electron chi connectivity index (χ0n) is 15.7. The molecule has 0 radical (unpaired) electrons. The number of para-hydroxylation sites is 1. The molecule has 1 saturated heterocycles. The maximum atomic E-state index is 13.0. The zero-order valence-corrected chi connectivity index (χ0v) is 16.6. The second-order valence-electron chi connectivity index (χ2n) is 7.54. The van der Waals surface area contributed by atoms with E-state index in [0.29, 0.717) is 5.25 Å². The molecule has 0 bridgehead atoms. The average molecular weight is 373 g/mol. The monoisotopic (exact) mass is 372 g/mol. The Bertz CT molecular complexity index is 793. The Balaban J connectivity index is 1.49. The van der Waals surface area contributed by atoms with E-state index in [1.54, 1.807) is 11.8 Å². The Kier molecular flexibility index (Phi) is 5.28. The van der Waals surface area contributed by atoms with E-state index < -0.39 is 0 Å². The number of aromatic nitrogens is 1. The van der Waals surface area contributed by atoms with E-state index in [9.17, 15) is 4.79 Å². The van der Waals surface area contributed by atoms with Gasteiger partial charge in [0.25, 0.3) is 0 Å². The summed E-state index contributed by atoms with van der Waals surface area (Å²) in [5.74, 6) is -0.136. The maximum Gasteiger partial charge on any atom is 0.341 e. The summed E-state index contributed by atoms with van der Waals surface area (Å²) in [6.07, 6.45) is 4.44. The summed E-state index contributed by atoms with van der Waals surface area (Å²) in [5, 5.41) is 2.62. The predicted molar refractivity (Wildman–Crippen MR) is 107 cm³/mol. The second-order valence-corrected chi connectivity index (χ2v) is 8.96. The number of unbranched alkanes of at least 4 members (excludes halogenated alkanes) is 1. The van der Waals surface area contributed by atoms with Crippen LogP contribution >= 0.6 is 11.8 Å². The van der Waals surface area contributed by atoms with Crippen LogP contribution in [0.4, 0.5) is 0 Å². The van der Waals surface area contributed by atoms with E-state index in [1.807, 2.05) is 12.1 Å². The van der Waals surface area contributed by atoms with Crippen molar-refractivity contribution in [3.05, 3.63) is 29.8 Å². The summed E-state index contributed by atoms with van der Waals surface area (Å²) < 4.78 is 8.25. The zero-order chi connectivity index (χ0) is 18.1. The molecule has 5 heteroatoms. The summed E-state index contributed by atoms with van der Waals surface area (Å²) in [5.41, 5.74) is 1.93. The molecule has 3 heterocycles. The number of carbonyl (C=O) groups is 1. The van der Waals surface area contributed by atoms with Gasteiger partial charge < -0.3 is 14.2 Å². The minimum Gasteiger partial charge on any atom is -0.459 e. The van der Waals surface area contributed by atoms with Gasteiger partial charge in [-0.3, -0.25) is 0 Å². The Morgan fingerprint density at radius 1 is 1.27 bits per heavy atom. The van der Waals surface area contributed by atoms with E-state index in [4.69, 9.17) is 4.74 Å². The molecule has 26 heavy (non-hydrogen) atoms. The highest BCUT2D eigenvalue weighted by atomic mass is 32.2. The molecule has 1 unspecified atom stereocenters. The van der Waals surface area contributed by atoms with Crippen molar-refractivity contribution in [2.24, 2.45) is 0 Å². The predicted octanol–water partition coefficient (Wildman–Crippen LogP) is 4.56. The third kappa shape index (κ3) is 3.39. The number of fused-ring (bicyclic) bond motifs is 3. The molecule has 2 aromatic rings. The number of ether oxygens (including phenoxy) is 1. The van der Waals surface area contributed by atoms with Crippen molar-refractivity contribution in [1.82, 2.24) is 9.47 Å². The van der Waals surface area contributed by atoms with Crippen molar-refractivity contribution < 1.29 is 9.53 Å². The van der Waals surface area contributed by atoms with Gasteiger partial charge >= 0.3 is 5.97 Å². The lowest BCUT2D eigenvalue weighted by Crippen LogP contribution is -2.38. The van der Waals surface area contributed by atoms with Gasteiger partial charge in [0.05, 0.1) is 10.6 Å². The number of esters is 1.